The van der Waals surface area contributed by atoms with Crippen molar-refractivity contribution in [3.05, 3.63) is 82.4 Å². The standard InChI is InChI=1S/C31H29ClF3N5O4/c32-20-5-7-26(36-15-20)30(31(33,34)35)38-24-3-1-2-22(28(24)44-30)18-8-11-39(12-9-18)17-27-37-23-6-4-19(29(41)42)14-25(23)40(27)16-21-10-13-43-21/h1-7,14-15,18,21,38H,8-13,16-17H2,(H,41,42)/t21-,30?/m0/s1. The number of nitrogens with zero attached hydrogens (tertiary/aromatic N) is 4. The largest absolute Gasteiger partial charge is 0.478 e. The molecule has 2 aromatic carbocycles. The van der Waals surface area contributed by atoms with Crippen LogP contribution < -0.4 is 10.1 Å². The molecule has 0 saturated carbocycles. The molecule has 2 saturated heterocycles. The predicted octanol–water partition coefficient (Wildman–Crippen LogP) is 6.17. The number of carbonyl (C=O) groups is 1. The van der Waals surface area contributed by atoms with E-state index in [1.54, 1.807) is 30.3 Å². The second-order valence-corrected chi connectivity index (χ2v) is 11.9. The van der Waals surface area contributed by atoms with Gasteiger partial charge in [0.1, 0.15) is 17.3 Å². The van der Waals surface area contributed by atoms with Crippen molar-refractivity contribution in [2.75, 3.05) is 25.0 Å². The van der Waals surface area contributed by atoms with Crippen molar-refractivity contribution in [3.8, 4) is 5.75 Å². The molecule has 7 rings (SSSR count). The van der Waals surface area contributed by atoms with Crippen molar-refractivity contribution in [1.29, 1.82) is 0 Å². The molecule has 1 unspecified atom stereocenters. The van der Waals surface area contributed by atoms with Crippen LogP contribution in [0.5, 0.6) is 5.75 Å². The van der Waals surface area contributed by atoms with Gasteiger partial charge in [0.2, 0.25) is 0 Å². The van der Waals surface area contributed by atoms with Crippen LogP contribution in [-0.4, -0.2) is 62.5 Å². The number of piperidine rings is 1. The molecule has 230 valence electrons. The third kappa shape index (κ3) is 5.04. The van der Waals surface area contributed by atoms with E-state index in [0.717, 1.165) is 28.8 Å². The lowest BCUT2D eigenvalue weighted by molar-refractivity contribution is -0.239. The topological polar surface area (TPSA) is 102 Å². The Labute approximate surface area is 255 Å². The molecule has 0 aliphatic carbocycles. The van der Waals surface area contributed by atoms with Crippen LogP contribution in [0.1, 0.15) is 52.6 Å². The number of ether oxygens (including phenoxy) is 2. The number of imidazole rings is 1. The molecular weight excluding hydrogens is 599 g/mol. The molecule has 9 nitrogen and oxygen atoms in total. The number of aromatic carboxylic acids is 1. The van der Waals surface area contributed by atoms with Crippen molar-refractivity contribution in [3.63, 3.8) is 0 Å². The second kappa shape index (κ2) is 10.9. The van der Waals surface area contributed by atoms with Crippen LogP contribution in [-0.2, 0) is 23.6 Å². The third-order valence-electron chi connectivity index (χ3n) is 8.74. The summed E-state index contributed by atoms with van der Waals surface area (Å²) in [5.74, 6) is 0.0174. The van der Waals surface area contributed by atoms with Gasteiger partial charge in [-0.2, -0.15) is 13.2 Å². The number of hydrogen-bond donors (Lipinski definition) is 2. The van der Waals surface area contributed by atoms with Crippen LogP contribution in [0.25, 0.3) is 11.0 Å². The van der Waals surface area contributed by atoms with Gasteiger partial charge >= 0.3 is 17.9 Å². The highest BCUT2D eigenvalue weighted by atomic mass is 35.5. The molecule has 13 heteroatoms. The van der Waals surface area contributed by atoms with Crippen LogP contribution in [0.2, 0.25) is 5.02 Å². The number of rotatable bonds is 7. The molecule has 2 fully saturated rings. The minimum Gasteiger partial charge on any atom is -0.478 e. The zero-order chi connectivity index (χ0) is 30.6. The molecule has 44 heavy (non-hydrogen) atoms. The SMILES string of the molecule is O=C(O)c1ccc2nc(CN3CCC(c4cccc5c4OC(c4ccc(Cl)cn4)(C(F)(F)F)N5)CC3)n(C[C@@H]3CCO3)c2c1. The van der Waals surface area contributed by atoms with Gasteiger partial charge in [0, 0.05) is 12.8 Å². The first kappa shape index (κ1) is 28.9. The molecule has 0 amide bonds. The maximum absolute atomic E-state index is 14.6. The molecule has 2 atom stereocenters. The average molecular weight is 628 g/mol. The fourth-order valence-electron chi connectivity index (χ4n) is 6.30. The van der Waals surface area contributed by atoms with Crippen LogP contribution >= 0.6 is 11.6 Å². The maximum atomic E-state index is 14.6. The lowest BCUT2D eigenvalue weighted by Gasteiger charge is -2.33. The number of alkyl halides is 3. The summed E-state index contributed by atoms with van der Waals surface area (Å²) in [4.78, 5) is 22.7. The van der Waals surface area contributed by atoms with Crippen molar-refractivity contribution in [2.45, 2.75) is 56.3 Å². The van der Waals surface area contributed by atoms with Crippen LogP contribution in [0.15, 0.2) is 54.7 Å². The van der Waals surface area contributed by atoms with Crippen LogP contribution in [0.4, 0.5) is 18.9 Å². The van der Waals surface area contributed by atoms with E-state index in [-0.39, 0.29) is 39.7 Å². The van der Waals surface area contributed by atoms with Gasteiger partial charge in [-0.1, -0.05) is 23.7 Å². The summed E-state index contributed by atoms with van der Waals surface area (Å²) in [6.45, 7) is 3.27. The highest BCUT2D eigenvalue weighted by Crippen LogP contribution is 2.53. The first-order valence-electron chi connectivity index (χ1n) is 14.5. The van der Waals surface area contributed by atoms with E-state index in [0.29, 0.717) is 45.6 Å². The fourth-order valence-corrected chi connectivity index (χ4v) is 6.41. The number of aromatic nitrogens is 3. The number of fused-ring (bicyclic) bond motifs is 2. The van der Waals surface area contributed by atoms with Crippen molar-refractivity contribution in [2.24, 2.45) is 0 Å². The number of likely N-dealkylation sites (tertiary alicyclic amines) is 1. The smallest absolute Gasteiger partial charge is 0.455 e. The van der Waals surface area contributed by atoms with Crippen molar-refractivity contribution in [1.82, 2.24) is 19.4 Å². The van der Waals surface area contributed by atoms with E-state index in [9.17, 15) is 23.1 Å². The van der Waals surface area contributed by atoms with E-state index >= 15 is 0 Å². The summed E-state index contributed by atoms with van der Waals surface area (Å²) in [7, 11) is 0. The number of halogens is 4. The zero-order valence-corrected chi connectivity index (χ0v) is 24.2. The van der Waals surface area contributed by atoms with Gasteiger partial charge in [0.25, 0.3) is 0 Å². The number of carboxylic acids is 1. The van der Waals surface area contributed by atoms with E-state index < -0.39 is 17.9 Å². The van der Waals surface area contributed by atoms with Gasteiger partial charge in [-0.25, -0.2) is 9.78 Å². The minimum absolute atomic E-state index is 0.00877. The van der Waals surface area contributed by atoms with Gasteiger partial charge in [0.15, 0.2) is 0 Å². The maximum Gasteiger partial charge on any atom is 0.455 e. The number of anilines is 1. The Morgan fingerprint density at radius 3 is 2.59 bits per heavy atom. The van der Waals surface area contributed by atoms with Gasteiger partial charge in [-0.15, -0.1) is 0 Å². The Bertz CT molecular complexity index is 1720. The summed E-state index contributed by atoms with van der Waals surface area (Å²) >= 11 is 5.89. The predicted molar refractivity (Wildman–Crippen MR) is 156 cm³/mol. The van der Waals surface area contributed by atoms with Crippen molar-refractivity contribution < 1.29 is 32.5 Å². The first-order valence-corrected chi connectivity index (χ1v) is 14.8. The Kier molecular flexibility index (Phi) is 7.18. The van der Waals surface area contributed by atoms with Gasteiger partial charge < -0.3 is 24.5 Å². The zero-order valence-electron chi connectivity index (χ0n) is 23.5. The monoisotopic (exact) mass is 627 g/mol. The first-order chi connectivity index (χ1) is 21.1. The number of benzene rings is 2. The highest BCUT2D eigenvalue weighted by Gasteiger charge is 2.63. The average Bonchev–Trinajstić information content (AvgIpc) is 3.54. The molecule has 0 spiro atoms. The second-order valence-electron chi connectivity index (χ2n) is 11.5. The fraction of sp³-hybridized carbons (Fsp3) is 0.387. The molecule has 3 aliphatic rings. The lowest BCUT2D eigenvalue weighted by atomic mass is 9.88. The third-order valence-corrected chi connectivity index (χ3v) is 8.97. The number of nitrogens with one attached hydrogen (secondary N) is 1. The van der Waals surface area contributed by atoms with Gasteiger partial charge in [-0.3, -0.25) is 9.88 Å². The molecule has 5 heterocycles. The Morgan fingerprint density at radius 2 is 1.93 bits per heavy atom. The number of para-hydroxylation sites is 1. The Hall–Kier alpha value is -3.87. The quantitative estimate of drug-likeness (QED) is 0.251. The molecule has 0 bridgehead atoms. The molecule has 0 radical (unpaired) electrons. The molecule has 2 N–H and O–H groups in total. The molecule has 3 aliphatic heterocycles. The summed E-state index contributed by atoms with van der Waals surface area (Å²) in [6, 6.07) is 12.7. The van der Waals surface area contributed by atoms with E-state index in [4.69, 9.17) is 26.1 Å². The Morgan fingerprint density at radius 1 is 1.14 bits per heavy atom. The van der Waals surface area contributed by atoms with Crippen LogP contribution in [0.3, 0.4) is 0 Å². The molecular formula is C31H29ClF3N5O4. The van der Waals surface area contributed by atoms with Crippen LogP contribution in [0, 0.1) is 0 Å². The number of hydrogen-bond acceptors (Lipinski definition) is 7. The minimum atomic E-state index is -4.80. The summed E-state index contributed by atoms with van der Waals surface area (Å²) in [5, 5.41) is 12.3. The Balaban J connectivity index is 1.10. The number of carboxylic acid groups (broad SMARTS) is 1. The van der Waals surface area contributed by atoms with Gasteiger partial charge in [0.05, 0.1) is 46.5 Å². The summed E-state index contributed by atoms with van der Waals surface area (Å²) < 4.78 is 57.2. The molecule has 4 aromatic rings. The summed E-state index contributed by atoms with van der Waals surface area (Å²) in [5.41, 5.74) is -0.450. The van der Waals surface area contributed by atoms with E-state index in [1.807, 2.05) is 6.07 Å². The van der Waals surface area contributed by atoms with Crippen molar-refractivity contribution >= 4 is 34.3 Å². The van der Waals surface area contributed by atoms with Gasteiger partial charge in [-0.05, 0) is 80.2 Å². The van der Waals surface area contributed by atoms with E-state index in [1.165, 1.54) is 18.3 Å². The highest BCUT2D eigenvalue weighted by molar-refractivity contribution is 6.30. The molecule has 2 aromatic heterocycles. The summed E-state index contributed by atoms with van der Waals surface area (Å²) in [6.07, 6.45) is -1.20. The van der Waals surface area contributed by atoms with E-state index in [2.05, 4.69) is 19.8 Å². The number of pyridine rings is 1. The lowest BCUT2D eigenvalue weighted by Crippen LogP contribution is -2.51. The normalized spacial score (nSPS) is 22.3.